The van der Waals surface area contributed by atoms with Gasteiger partial charge < -0.3 is 19.5 Å². The largest absolute Gasteiger partial charge is 0.490 e. The van der Waals surface area contributed by atoms with Crippen LogP contribution in [0.25, 0.3) is 0 Å². The first kappa shape index (κ1) is 31.3. The molecule has 13 heteroatoms. The number of nitrogens with one attached hydrogen (secondary N) is 2. The lowest BCUT2D eigenvalue weighted by Crippen LogP contribution is -2.60. The molecule has 2 aromatic carbocycles. The number of alkyl halides is 3. The summed E-state index contributed by atoms with van der Waals surface area (Å²) in [6, 6.07) is 10.2. The predicted molar refractivity (Wildman–Crippen MR) is 165 cm³/mol. The monoisotopic (exact) mass is 651 g/mol. The van der Waals surface area contributed by atoms with Crippen molar-refractivity contribution in [3.05, 3.63) is 70.9 Å². The number of benzene rings is 2. The number of likely N-dealkylation sites (tertiary alicyclic amines) is 1. The molecule has 10 nitrogen and oxygen atoms in total. The van der Waals surface area contributed by atoms with Crippen LogP contribution in [0.1, 0.15) is 80.0 Å². The van der Waals surface area contributed by atoms with E-state index in [9.17, 15) is 22.8 Å². The average molecular weight is 652 g/mol. The Kier molecular flexibility index (Phi) is 7.21. The first-order chi connectivity index (χ1) is 22.1. The van der Waals surface area contributed by atoms with Crippen LogP contribution in [-0.2, 0) is 17.4 Å². The summed E-state index contributed by atoms with van der Waals surface area (Å²) in [5, 5.41) is 4.31. The van der Waals surface area contributed by atoms with Crippen molar-refractivity contribution in [2.45, 2.75) is 89.0 Å². The molecule has 2 amide bonds. The Morgan fingerprint density at radius 3 is 2.51 bits per heavy atom. The highest BCUT2D eigenvalue weighted by Crippen LogP contribution is 2.53. The van der Waals surface area contributed by atoms with Crippen molar-refractivity contribution < 1.29 is 37.0 Å². The molecule has 0 radical (unpaired) electrons. The quantitative estimate of drug-likeness (QED) is 0.303. The SMILES string of the molecule is CN1C(C)(C)CC(Oc2ccc(C(=O)NN3[C@@H]4c5cc(Oc6ccnc7c6CCC(=O)N7)ccc5O[C@@H]43)cc2C(F)(F)F)CC1(C)C. The fourth-order valence-corrected chi connectivity index (χ4v) is 7.03. The lowest BCUT2D eigenvalue weighted by molar-refractivity contribution is -0.140. The van der Waals surface area contributed by atoms with Gasteiger partial charge in [-0.1, -0.05) is 0 Å². The number of carbonyl (C=O) groups is 2. The molecule has 2 fully saturated rings. The molecule has 0 bridgehead atoms. The van der Waals surface area contributed by atoms with Crippen molar-refractivity contribution in [3.8, 4) is 23.0 Å². The van der Waals surface area contributed by atoms with Gasteiger partial charge in [-0.2, -0.15) is 18.2 Å². The molecule has 3 aromatic rings. The number of carbonyl (C=O) groups excluding carboxylic acids is 2. The van der Waals surface area contributed by atoms with Gasteiger partial charge >= 0.3 is 6.18 Å². The van der Waals surface area contributed by atoms with E-state index in [1.807, 2.05) is 7.05 Å². The lowest BCUT2D eigenvalue weighted by atomic mass is 9.78. The lowest BCUT2D eigenvalue weighted by Gasteiger charge is -2.53. The third-order valence-corrected chi connectivity index (χ3v) is 9.74. The normalized spacial score (nSPS) is 24.3. The molecule has 2 N–H and O–H groups in total. The molecular formula is C34H36F3N5O5. The van der Waals surface area contributed by atoms with Crippen molar-refractivity contribution in [3.63, 3.8) is 0 Å². The Morgan fingerprint density at radius 2 is 1.79 bits per heavy atom. The van der Waals surface area contributed by atoms with Crippen molar-refractivity contribution in [1.29, 1.82) is 0 Å². The first-order valence-corrected chi connectivity index (χ1v) is 15.6. The second-order valence-electron chi connectivity index (χ2n) is 13.8. The maximum atomic E-state index is 14.3. The van der Waals surface area contributed by atoms with Crippen LogP contribution in [-0.4, -0.2) is 57.2 Å². The summed E-state index contributed by atoms with van der Waals surface area (Å²) in [7, 11) is 2.02. The van der Waals surface area contributed by atoms with E-state index in [4.69, 9.17) is 14.2 Å². The molecule has 7 rings (SSSR count). The number of pyridine rings is 1. The Balaban J connectivity index is 1.05. The third-order valence-electron chi connectivity index (χ3n) is 9.74. The van der Waals surface area contributed by atoms with Crippen LogP contribution in [0.15, 0.2) is 48.7 Å². The van der Waals surface area contributed by atoms with Gasteiger partial charge in [0.15, 0.2) is 6.23 Å². The van der Waals surface area contributed by atoms with E-state index in [-0.39, 0.29) is 34.3 Å². The zero-order valence-corrected chi connectivity index (χ0v) is 26.7. The summed E-state index contributed by atoms with van der Waals surface area (Å²) in [5.41, 5.74) is 2.59. The van der Waals surface area contributed by atoms with Gasteiger partial charge in [0, 0.05) is 53.2 Å². The summed E-state index contributed by atoms with van der Waals surface area (Å²) in [5.74, 6) is 1.12. The van der Waals surface area contributed by atoms with Crippen molar-refractivity contribution in [2.75, 3.05) is 12.4 Å². The molecule has 248 valence electrons. The van der Waals surface area contributed by atoms with Crippen LogP contribution in [0.4, 0.5) is 19.0 Å². The van der Waals surface area contributed by atoms with Crippen LogP contribution in [0, 0.1) is 0 Å². The van der Waals surface area contributed by atoms with Crippen molar-refractivity contribution >= 4 is 17.6 Å². The standard InChI is InChI=1S/C34H36F3N5O5/c1-32(2)16-20(17-33(3,4)41(32)5)46-26-9-6-18(14-23(26)34(35,36)37)30(44)40-42-28-22-15-19(7-10-24(22)47-31(28)42)45-25-12-13-38-29-21(25)8-11-27(43)39-29/h6-7,9-10,12-15,20,28,31H,8,11,16-17H2,1-5H3,(H,40,44)(H,38,39,43)/t28-,31+,42?/m1/s1. The molecular weight excluding hydrogens is 615 g/mol. The molecule has 2 saturated heterocycles. The van der Waals surface area contributed by atoms with Gasteiger partial charge in [-0.05, 0) is 83.6 Å². The van der Waals surface area contributed by atoms with E-state index in [1.165, 1.54) is 12.1 Å². The van der Waals surface area contributed by atoms with Gasteiger partial charge in [0.2, 0.25) is 5.91 Å². The van der Waals surface area contributed by atoms with E-state index in [1.54, 1.807) is 35.5 Å². The number of ether oxygens (including phenoxy) is 3. The average Bonchev–Trinajstić information content (AvgIpc) is 3.51. The number of rotatable bonds is 6. The number of piperidine rings is 1. The Bertz CT molecular complexity index is 1760. The summed E-state index contributed by atoms with van der Waals surface area (Å²) in [6.07, 6.45) is -2.14. The number of hydrogen-bond donors (Lipinski definition) is 2. The van der Waals surface area contributed by atoms with Gasteiger partial charge in [0.05, 0.1) is 5.56 Å². The minimum absolute atomic E-state index is 0.0986. The topological polar surface area (TPSA) is 105 Å². The number of hydrazine groups is 1. The molecule has 0 aliphatic carbocycles. The first-order valence-electron chi connectivity index (χ1n) is 15.6. The molecule has 0 spiro atoms. The Labute approximate surface area is 270 Å². The van der Waals surface area contributed by atoms with Crippen LogP contribution in [0.3, 0.4) is 0 Å². The predicted octanol–water partition coefficient (Wildman–Crippen LogP) is 6.23. The zero-order chi connectivity index (χ0) is 33.5. The number of amides is 2. The zero-order valence-electron chi connectivity index (χ0n) is 26.7. The number of aromatic nitrogens is 1. The number of nitrogens with zero attached hydrogens (tertiary/aromatic N) is 3. The molecule has 3 atom stereocenters. The Morgan fingerprint density at radius 1 is 1.04 bits per heavy atom. The summed E-state index contributed by atoms with van der Waals surface area (Å²) in [4.78, 5) is 31.4. The van der Waals surface area contributed by atoms with Crippen LogP contribution in [0.2, 0.25) is 0 Å². The van der Waals surface area contributed by atoms with Crippen LogP contribution in [0.5, 0.6) is 23.0 Å². The minimum Gasteiger partial charge on any atom is -0.490 e. The van der Waals surface area contributed by atoms with Gasteiger partial charge in [0.1, 0.15) is 41.0 Å². The molecule has 1 unspecified atom stereocenters. The molecule has 4 aliphatic heterocycles. The van der Waals surface area contributed by atoms with Gasteiger partial charge in [-0.3, -0.25) is 19.9 Å². The molecule has 4 aliphatic rings. The number of hydrogen-bond acceptors (Lipinski definition) is 8. The van der Waals surface area contributed by atoms with Crippen molar-refractivity contribution in [1.82, 2.24) is 20.3 Å². The number of halogens is 3. The molecule has 0 saturated carbocycles. The third kappa shape index (κ3) is 5.75. The highest BCUT2D eigenvalue weighted by molar-refractivity contribution is 5.94. The smallest absolute Gasteiger partial charge is 0.419 e. The van der Waals surface area contributed by atoms with Gasteiger partial charge in [-0.25, -0.2) is 4.98 Å². The second kappa shape index (κ2) is 10.8. The van der Waals surface area contributed by atoms with Crippen molar-refractivity contribution in [2.24, 2.45) is 0 Å². The van der Waals surface area contributed by atoms with E-state index in [0.717, 1.165) is 17.2 Å². The van der Waals surface area contributed by atoms with Crippen LogP contribution < -0.4 is 25.0 Å². The van der Waals surface area contributed by atoms with E-state index < -0.39 is 30.0 Å². The summed E-state index contributed by atoms with van der Waals surface area (Å²) >= 11 is 0. The second-order valence-corrected chi connectivity index (χ2v) is 13.8. The summed E-state index contributed by atoms with van der Waals surface area (Å²) < 4.78 is 60.9. The van der Waals surface area contributed by atoms with E-state index in [0.29, 0.717) is 48.7 Å². The fraction of sp³-hybridized carbons (Fsp3) is 0.441. The highest BCUT2D eigenvalue weighted by atomic mass is 19.4. The fourth-order valence-electron chi connectivity index (χ4n) is 7.03. The van der Waals surface area contributed by atoms with Gasteiger partial charge in [-0.15, -0.1) is 0 Å². The van der Waals surface area contributed by atoms with E-state index in [2.05, 4.69) is 48.3 Å². The molecule has 47 heavy (non-hydrogen) atoms. The van der Waals surface area contributed by atoms with Gasteiger partial charge in [0.25, 0.3) is 5.91 Å². The Hall–Kier alpha value is -4.36. The maximum absolute atomic E-state index is 14.3. The molecule has 5 heterocycles. The summed E-state index contributed by atoms with van der Waals surface area (Å²) in [6.45, 7) is 8.21. The molecule has 1 aromatic heterocycles. The highest BCUT2D eigenvalue weighted by Gasteiger charge is 2.58. The number of anilines is 1. The maximum Gasteiger partial charge on any atom is 0.419 e. The van der Waals surface area contributed by atoms with Crippen LogP contribution >= 0.6 is 0 Å². The van der Waals surface area contributed by atoms with E-state index >= 15 is 0 Å². The minimum atomic E-state index is -4.73. The number of fused-ring (bicyclic) bond motifs is 4.